The summed E-state index contributed by atoms with van der Waals surface area (Å²) in [7, 11) is -4.53. The molecule has 1 aromatic carbocycles. The molecule has 9 nitrogen and oxygen atoms in total. The summed E-state index contributed by atoms with van der Waals surface area (Å²) in [5.41, 5.74) is 0.297. The maximum absolute atomic E-state index is 12.0. The molecule has 0 aliphatic rings. The van der Waals surface area contributed by atoms with Crippen LogP contribution in [0.1, 0.15) is 5.56 Å². The number of carbonyl (C=O) groups is 1. The molecular formula is C13H18O9S. The Bertz CT molecular complexity index is 643. The molecule has 0 saturated carbocycles. The Morgan fingerprint density at radius 2 is 1.70 bits per heavy atom. The van der Waals surface area contributed by atoms with Crippen LogP contribution in [0.4, 0.5) is 0 Å². The third kappa shape index (κ3) is 4.70. The second-order valence-corrected chi connectivity index (χ2v) is 6.31. The van der Waals surface area contributed by atoms with Crippen LogP contribution in [0.3, 0.4) is 0 Å². The van der Waals surface area contributed by atoms with E-state index < -0.39 is 47.1 Å². The average Bonchev–Trinajstić information content (AvgIpc) is 2.51. The summed E-state index contributed by atoms with van der Waals surface area (Å²) in [6, 6.07) is 5.63. The van der Waals surface area contributed by atoms with E-state index in [-0.39, 0.29) is 4.90 Å². The summed E-state index contributed by atoms with van der Waals surface area (Å²) in [5.74, 6) is -1.73. The van der Waals surface area contributed by atoms with Gasteiger partial charge in [0.25, 0.3) is 0 Å². The standard InChI is InChI=1S/C13H18O9S/c1-7-4-2-3-5-9(7)23(20,21)22-13(19)12(18)11(17)10(16)8(15)6-14/h2-5,8,10-12,14-18H,6H2,1H3/t8-,10-,11+,12-/m1/s1. The minimum Gasteiger partial charge on any atom is -0.394 e. The van der Waals surface area contributed by atoms with Crippen LogP contribution in [0, 0.1) is 6.92 Å². The first-order chi connectivity index (χ1) is 10.6. The topological polar surface area (TPSA) is 162 Å². The summed E-state index contributed by atoms with van der Waals surface area (Å²) >= 11 is 0. The van der Waals surface area contributed by atoms with E-state index in [0.717, 1.165) is 0 Å². The number of aliphatic hydroxyl groups is 5. The molecule has 0 fully saturated rings. The molecule has 10 heteroatoms. The molecule has 0 aliphatic carbocycles. The van der Waals surface area contributed by atoms with Crippen molar-refractivity contribution in [3.63, 3.8) is 0 Å². The maximum Gasteiger partial charge on any atom is 0.353 e. The van der Waals surface area contributed by atoms with Crippen LogP contribution in [0.15, 0.2) is 29.2 Å². The van der Waals surface area contributed by atoms with Crippen molar-refractivity contribution in [1.29, 1.82) is 0 Å². The fraction of sp³-hybridized carbons (Fsp3) is 0.462. The highest BCUT2D eigenvalue weighted by atomic mass is 32.2. The normalized spacial score (nSPS) is 17.1. The number of aliphatic hydroxyl groups excluding tert-OH is 5. The van der Waals surface area contributed by atoms with Gasteiger partial charge >= 0.3 is 16.1 Å². The van der Waals surface area contributed by atoms with E-state index in [1.165, 1.54) is 25.1 Å². The summed E-state index contributed by atoms with van der Waals surface area (Å²) in [5, 5.41) is 46.2. The zero-order valence-electron chi connectivity index (χ0n) is 12.1. The lowest BCUT2D eigenvalue weighted by molar-refractivity contribution is -0.161. The molecule has 0 spiro atoms. The van der Waals surface area contributed by atoms with Crippen molar-refractivity contribution in [3.05, 3.63) is 29.8 Å². The highest BCUT2D eigenvalue weighted by Crippen LogP contribution is 2.18. The number of hydrogen-bond donors (Lipinski definition) is 5. The number of carbonyl (C=O) groups excluding carboxylic acids is 1. The van der Waals surface area contributed by atoms with Gasteiger partial charge in [-0.3, -0.25) is 0 Å². The maximum atomic E-state index is 12.0. The van der Waals surface area contributed by atoms with E-state index in [4.69, 9.17) is 10.2 Å². The van der Waals surface area contributed by atoms with E-state index in [1.54, 1.807) is 6.07 Å². The molecule has 23 heavy (non-hydrogen) atoms. The molecule has 0 unspecified atom stereocenters. The Labute approximate surface area is 132 Å². The average molecular weight is 350 g/mol. The number of benzene rings is 1. The van der Waals surface area contributed by atoms with Gasteiger partial charge in [-0.1, -0.05) is 18.2 Å². The van der Waals surface area contributed by atoms with Gasteiger partial charge in [-0.25, -0.2) is 4.79 Å². The molecular weight excluding hydrogens is 332 g/mol. The van der Waals surface area contributed by atoms with Crippen LogP contribution < -0.4 is 0 Å². The fourth-order valence-electron chi connectivity index (χ4n) is 1.70. The van der Waals surface area contributed by atoms with Gasteiger partial charge in [-0.15, -0.1) is 0 Å². The Morgan fingerprint density at radius 3 is 2.22 bits per heavy atom. The Morgan fingerprint density at radius 1 is 1.13 bits per heavy atom. The van der Waals surface area contributed by atoms with Crippen molar-refractivity contribution < 1.29 is 42.9 Å². The predicted octanol–water partition coefficient (Wildman–Crippen LogP) is -2.34. The van der Waals surface area contributed by atoms with E-state index in [1.807, 2.05) is 0 Å². The van der Waals surface area contributed by atoms with Gasteiger partial charge in [-0.2, -0.15) is 8.42 Å². The van der Waals surface area contributed by atoms with Crippen LogP contribution in [-0.4, -0.2) is 70.9 Å². The van der Waals surface area contributed by atoms with Crippen molar-refractivity contribution in [3.8, 4) is 0 Å². The summed E-state index contributed by atoms with van der Waals surface area (Å²) in [6.07, 6.45) is -8.61. The first-order valence-corrected chi connectivity index (χ1v) is 7.89. The van der Waals surface area contributed by atoms with Gasteiger partial charge in [0.05, 0.1) is 6.61 Å². The molecule has 1 aromatic rings. The molecule has 0 aliphatic heterocycles. The van der Waals surface area contributed by atoms with Gasteiger partial charge in [0.1, 0.15) is 23.2 Å². The van der Waals surface area contributed by atoms with Crippen molar-refractivity contribution >= 4 is 16.1 Å². The second kappa shape index (κ2) is 7.81. The van der Waals surface area contributed by atoms with Crippen LogP contribution in [-0.2, 0) is 19.1 Å². The summed E-state index contributed by atoms with van der Waals surface area (Å²) < 4.78 is 28.1. The highest BCUT2D eigenvalue weighted by molar-refractivity contribution is 7.87. The van der Waals surface area contributed by atoms with Crippen molar-refractivity contribution in [2.24, 2.45) is 0 Å². The second-order valence-electron chi connectivity index (χ2n) is 4.80. The van der Waals surface area contributed by atoms with Crippen molar-refractivity contribution in [2.75, 3.05) is 6.61 Å². The minimum atomic E-state index is -4.53. The third-order valence-electron chi connectivity index (χ3n) is 3.05. The van der Waals surface area contributed by atoms with E-state index in [2.05, 4.69) is 4.18 Å². The predicted molar refractivity (Wildman–Crippen MR) is 75.6 cm³/mol. The molecule has 130 valence electrons. The Hall–Kier alpha value is -1.56. The highest BCUT2D eigenvalue weighted by Gasteiger charge is 2.37. The molecule has 0 saturated heterocycles. The van der Waals surface area contributed by atoms with Crippen molar-refractivity contribution in [1.82, 2.24) is 0 Å². The lowest BCUT2D eigenvalue weighted by Crippen LogP contribution is -2.49. The largest absolute Gasteiger partial charge is 0.394 e. The SMILES string of the molecule is Cc1ccccc1S(=O)(=O)OC(=O)[C@H](O)[C@@H](O)[C@H](O)[C@H](O)CO. The first kappa shape index (κ1) is 19.5. The molecule has 5 N–H and O–H groups in total. The fourth-order valence-corrected chi connectivity index (χ4v) is 2.81. The molecule has 0 amide bonds. The molecule has 1 rings (SSSR count). The molecule has 0 heterocycles. The molecule has 0 aromatic heterocycles. The monoisotopic (exact) mass is 350 g/mol. The minimum absolute atomic E-state index is 0.297. The zero-order valence-corrected chi connectivity index (χ0v) is 12.9. The number of hydrogen-bond acceptors (Lipinski definition) is 9. The molecule has 0 bridgehead atoms. The number of rotatable bonds is 7. The smallest absolute Gasteiger partial charge is 0.353 e. The quantitative estimate of drug-likeness (QED) is 0.339. The van der Waals surface area contributed by atoms with Gasteiger partial charge in [-0.05, 0) is 18.6 Å². The molecule has 0 radical (unpaired) electrons. The van der Waals surface area contributed by atoms with Crippen LogP contribution in [0.2, 0.25) is 0 Å². The van der Waals surface area contributed by atoms with Gasteiger partial charge < -0.3 is 29.7 Å². The third-order valence-corrected chi connectivity index (χ3v) is 4.43. The van der Waals surface area contributed by atoms with Gasteiger partial charge in [0.15, 0.2) is 6.10 Å². The van der Waals surface area contributed by atoms with E-state index in [9.17, 15) is 28.5 Å². The van der Waals surface area contributed by atoms with Crippen molar-refractivity contribution in [2.45, 2.75) is 36.2 Å². The van der Waals surface area contributed by atoms with Gasteiger partial charge in [0.2, 0.25) is 0 Å². The van der Waals surface area contributed by atoms with Crippen LogP contribution in [0.25, 0.3) is 0 Å². The summed E-state index contributed by atoms with van der Waals surface area (Å²) in [4.78, 5) is 11.3. The van der Waals surface area contributed by atoms with Gasteiger partial charge in [0, 0.05) is 0 Å². The van der Waals surface area contributed by atoms with Crippen LogP contribution in [0.5, 0.6) is 0 Å². The molecule has 4 atom stereocenters. The Kier molecular flexibility index (Phi) is 6.62. The van der Waals surface area contributed by atoms with E-state index in [0.29, 0.717) is 5.56 Å². The van der Waals surface area contributed by atoms with E-state index >= 15 is 0 Å². The Balaban J connectivity index is 2.88. The van der Waals surface area contributed by atoms with Crippen LogP contribution >= 0.6 is 0 Å². The first-order valence-electron chi connectivity index (χ1n) is 6.49. The number of aryl methyl sites for hydroxylation is 1. The lowest BCUT2D eigenvalue weighted by Gasteiger charge is -2.24. The summed E-state index contributed by atoms with van der Waals surface area (Å²) in [6.45, 7) is 0.523. The zero-order chi connectivity index (χ0) is 17.8. The lowest BCUT2D eigenvalue weighted by atomic mass is 10.0.